The fourth-order valence-electron chi connectivity index (χ4n) is 2.44. The number of halogens is 1. The van der Waals surface area contributed by atoms with Crippen molar-refractivity contribution in [2.24, 2.45) is 0 Å². The van der Waals surface area contributed by atoms with E-state index >= 15 is 0 Å². The van der Waals surface area contributed by atoms with Gasteiger partial charge in [-0.05, 0) is 30.9 Å². The molecule has 1 aliphatic carbocycles. The van der Waals surface area contributed by atoms with Crippen LogP contribution in [-0.4, -0.2) is 10.1 Å². The second-order valence-electron chi connectivity index (χ2n) is 5.26. The van der Waals surface area contributed by atoms with E-state index in [1.54, 1.807) is 0 Å². The van der Waals surface area contributed by atoms with Gasteiger partial charge in [0.15, 0.2) is 5.82 Å². The van der Waals surface area contributed by atoms with Crippen LogP contribution < -0.4 is 0 Å². The van der Waals surface area contributed by atoms with Gasteiger partial charge in [-0.15, -0.1) is 0 Å². The van der Waals surface area contributed by atoms with Crippen LogP contribution in [0.4, 0.5) is 0 Å². The Morgan fingerprint density at radius 2 is 2.14 bits per heavy atom. The molecular formula is C17H17BrN2O. The molecule has 0 amide bonds. The zero-order chi connectivity index (χ0) is 14.7. The Morgan fingerprint density at radius 1 is 1.29 bits per heavy atom. The van der Waals surface area contributed by atoms with Crippen LogP contribution in [0.1, 0.15) is 35.2 Å². The third kappa shape index (κ3) is 3.50. The van der Waals surface area contributed by atoms with Crippen molar-refractivity contribution in [1.29, 1.82) is 0 Å². The third-order valence-electron chi connectivity index (χ3n) is 3.74. The van der Waals surface area contributed by atoms with Crippen molar-refractivity contribution >= 4 is 15.9 Å². The van der Waals surface area contributed by atoms with Crippen LogP contribution in [0.2, 0.25) is 0 Å². The van der Waals surface area contributed by atoms with Crippen molar-refractivity contribution < 1.29 is 4.52 Å². The van der Waals surface area contributed by atoms with Crippen LogP contribution in [0.15, 0.2) is 51.5 Å². The standard InChI is InChI=1S/C17H17BrN2O/c1-12-4-2-3-5-13(12)8-11-16-19-17(20-21-16)14-6-9-15(18)10-7-14/h2-6,9-10,14H,7-8,11H2,1H3. The van der Waals surface area contributed by atoms with Crippen molar-refractivity contribution in [2.75, 3.05) is 0 Å². The number of hydrogen-bond donors (Lipinski definition) is 0. The van der Waals surface area contributed by atoms with E-state index in [0.29, 0.717) is 0 Å². The van der Waals surface area contributed by atoms with Crippen molar-refractivity contribution in [3.63, 3.8) is 0 Å². The highest BCUT2D eigenvalue weighted by molar-refractivity contribution is 9.11. The highest BCUT2D eigenvalue weighted by Crippen LogP contribution is 2.26. The number of aromatic nitrogens is 2. The van der Waals surface area contributed by atoms with Crippen LogP contribution in [0.25, 0.3) is 0 Å². The first-order chi connectivity index (χ1) is 10.2. The predicted octanol–water partition coefficient (Wildman–Crippen LogP) is 4.49. The largest absolute Gasteiger partial charge is 0.339 e. The Kier molecular flexibility index (Phi) is 4.34. The molecule has 1 atom stereocenters. The van der Waals surface area contributed by atoms with Crippen molar-refractivity contribution in [3.05, 3.63) is 69.8 Å². The number of nitrogens with zero attached hydrogens (tertiary/aromatic N) is 2. The molecule has 1 aromatic carbocycles. The molecule has 2 aromatic rings. The highest BCUT2D eigenvalue weighted by atomic mass is 79.9. The average Bonchev–Trinajstić information content (AvgIpc) is 2.96. The number of allylic oxidation sites excluding steroid dienone is 4. The zero-order valence-electron chi connectivity index (χ0n) is 11.9. The highest BCUT2D eigenvalue weighted by Gasteiger charge is 2.17. The molecule has 0 N–H and O–H groups in total. The maximum Gasteiger partial charge on any atom is 0.226 e. The Morgan fingerprint density at radius 3 is 2.90 bits per heavy atom. The molecule has 0 saturated heterocycles. The molecule has 0 spiro atoms. The molecule has 1 aromatic heterocycles. The Bertz CT molecular complexity index is 688. The van der Waals surface area contributed by atoms with Gasteiger partial charge in [0.05, 0.1) is 0 Å². The summed E-state index contributed by atoms with van der Waals surface area (Å²) in [6.07, 6.45) is 8.91. The summed E-state index contributed by atoms with van der Waals surface area (Å²) in [4.78, 5) is 4.53. The monoisotopic (exact) mass is 344 g/mol. The molecule has 4 heteroatoms. The minimum absolute atomic E-state index is 0.224. The minimum atomic E-state index is 0.224. The van der Waals surface area contributed by atoms with E-state index in [9.17, 15) is 0 Å². The summed E-state index contributed by atoms with van der Waals surface area (Å²) in [6.45, 7) is 2.13. The van der Waals surface area contributed by atoms with Crippen LogP contribution >= 0.6 is 15.9 Å². The SMILES string of the molecule is Cc1ccccc1CCc1nc(C2C=CC(Br)=CC2)no1. The van der Waals surface area contributed by atoms with Gasteiger partial charge < -0.3 is 4.52 Å². The van der Waals surface area contributed by atoms with Gasteiger partial charge in [0.2, 0.25) is 5.89 Å². The second kappa shape index (κ2) is 6.39. The summed E-state index contributed by atoms with van der Waals surface area (Å²) >= 11 is 3.46. The van der Waals surface area contributed by atoms with Crippen LogP contribution in [0.5, 0.6) is 0 Å². The van der Waals surface area contributed by atoms with Gasteiger partial charge in [-0.3, -0.25) is 0 Å². The molecule has 0 aliphatic heterocycles. The lowest BCUT2D eigenvalue weighted by atomic mass is 10.0. The lowest BCUT2D eigenvalue weighted by Gasteiger charge is -2.08. The van der Waals surface area contributed by atoms with Gasteiger partial charge in [0.25, 0.3) is 0 Å². The fourth-order valence-corrected chi connectivity index (χ4v) is 2.78. The summed E-state index contributed by atoms with van der Waals surface area (Å²) in [6, 6.07) is 8.41. The van der Waals surface area contributed by atoms with Crippen LogP contribution in [0.3, 0.4) is 0 Å². The van der Waals surface area contributed by atoms with Gasteiger partial charge in [0, 0.05) is 16.8 Å². The van der Waals surface area contributed by atoms with Gasteiger partial charge in [-0.2, -0.15) is 4.98 Å². The number of rotatable bonds is 4. The van der Waals surface area contributed by atoms with E-state index in [2.05, 4.69) is 69.4 Å². The summed E-state index contributed by atoms with van der Waals surface area (Å²) in [7, 11) is 0. The Balaban J connectivity index is 1.63. The molecule has 0 saturated carbocycles. The summed E-state index contributed by atoms with van der Waals surface area (Å²) in [5, 5.41) is 4.12. The molecule has 0 bridgehead atoms. The van der Waals surface area contributed by atoms with Gasteiger partial charge >= 0.3 is 0 Å². The second-order valence-corrected chi connectivity index (χ2v) is 6.18. The van der Waals surface area contributed by atoms with Gasteiger partial charge in [0.1, 0.15) is 0 Å². The van der Waals surface area contributed by atoms with Crippen LogP contribution in [-0.2, 0) is 12.8 Å². The van der Waals surface area contributed by atoms with E-state index in [1.165, 1.54) is 11.1 Å². The van der Waals surface area contributed by atoms with Crippen molar-refractivity contribution in [1.82, 2.24) is 10.1 Å². The summed E-state index contributed by atoms with van der Waals surface area (Å²) in [5.74, 6) is 1.72. The molecule has 108 valence electrons. The Labute approximate surface area is 132 Å². The number of aryl methyl sites for hydroxylation is 3. The average molecular weight is 345 g/mol. The first kappa shape index (κ1) is 14.3. The fraction of sp³-hybridized carbons (Fsp3) is 0.294. The first-order valence-electron chi connectivity index (χ1n) is 7.13. The van der Waals surface area contributed by atoms with E-state index in [1.807, 2.05) is 6.08 Å². The van der Waals surface area contributed by atoms with Crippen molar-refractivity contribution in [2.45, 2.75) is 32.1 Å². The maximum atomic E-state index is 5.38. The normalized spacial score (nSPS) is 17.8. The molecule has 0 radical (unpaired) electrons. The molecular weight excluding hydrogens is 328 g/mol. The summed E-state index contributed by atoms with van der Waals surface area (Å²) in [5.41, 5.74) is 2.64. The smallest absolute Gasteiger partial charge is 0.226 e. The molecule has 0 fully saturated rings. The molecule has 3 nitrogen and oxygen atoms in total. The summed E-state index contributed by atoms with van der Waals surface area (Å²) < 4.78 is 6.49. The maximum absolute atomic E-state index is 5.38. The predicted molar refractivity (Wildman–Crippen MR) is 86.4 cm³/mol. The van der Waals surface area contributed by atoms with E-state index in [0.717, 1.165) is 35.5 Å². The minimum Gasteiger partial charge on any atom is -0.339 e. The van der Waals surface area contributed by atoms with Crippen LogP contribution in [0, 0.1) is 6.92 Å². The molecule has 1 heterocycles. The molecule has 1 aliphatic rings. The van der Waals surface area contributed by atoms with Crippen molar-refractivity contribution in [3.8, 4) is 0 Å². The third-order valence-corrected chi connectivity index (χ3v) is 4.33. The number of benzene rings is 1. The van der Waals surface area contributed by atoms with E-state index < -0.39 is 0 Å². The molecule has 3 rings (SSSR count). The lowest BCUT2D eigenvalue weighted by molar-refractivity contribution is 0.371. The quantitative estimate of drug-likeness (QED) is 0.820. The Hall–Kier alpha value is -1.68. The number of hydrogen-bond acceptors (Lipinski definition) is 3. The van der Waals surface area contributed by atoms with Gasteiger partial charge in [-0.1, -0.05) is 63.6 Å². The van der Waals surface area contributed by atoms with E-state index in [4.69, 9.17) is 4.52 Å². The van der Waals surface area contributed by atoms with Gasteiger partial charge in [-0.25, -0.2) is 0 Å². The zero-order valence-corrected chi connectivity index (χ0v) is 13.5. The lowest BCUT2D eigenvalue weighted by Crippen LogP contribution is -2.00. The first-order valence-corrected chi connectivity index (χ1v) is 7.92. The van der Waals surface area contributed by atoms with E-state index in [-0.39, 0.29) is 5.92 Å². The molecule has 21 heavy (non-hydrogen) atoms. The molecule has 1 unspecified atom stereocenters. The topological polar surface area (TPSA) is 38.9 Å².